The van der Waals surface area contributed by atoms with E-state index in [1.807, 2.05) is 30.3 Å². The van der Waals surface area contributed by atoms with Crippen LogP contribution in [0.4, 0.5) is 0 Å². The highest BCUT2D eigenvalue weighted by Crippen LogP contribution is 2.06. The minimum Gasteiger partial charge on any atom is -0.426 e. The van der Waals surface area contributed by atoms with Gasteiger partial charge in [0.25, 0.3) is 0 Å². The minimum absolute atomic E-state index is 0.334. The zero-order valence-electron chi connectivity index (χ0n) is 10.6. The van der Waals surface area contributed by atoms with Gasteiger partial charge in [-0.1, -0.05) is 30.3 Å². The molecule has 0 radical (unpaired) electrons. The zero-order chi connectivity index (χ0) is 13.8. The Hall–Kier alpha value is -1.37. The fourth-order valence-electron chi connectivity index (χ4n) is 1.45. The van der Waals surface area contributed by atoms with Crippen molar-refractivity contribution in [2.24, 2.45) is 5.73 Å². The number of rotatable bonds is 5. The largest absolute Gasteiger partial charge is 0.475 e. The number of hydrogen-bond donors (Lipinski definition) is 4. The molecule has 0 saturated carbocycles. The summed E-state index contributed by atoms with van der Waals surface area (Å²) in [6.45, 7) is 3.12. The highest BCUT2D eigenvalue weighted by atomic mass is 16.4. The normalized spacial score (nSPS) is 12.9. The van der Waals surface area contributed by atoms with Gasteiger partial charge >= 0.3 is 7.12 Å². The molecule has 5 nitrogen and oxygen atoms in total. The molecule has 0 aliphatic heterocycles. The predicted octanol–water partition coefficient (Wildman–Crippen LogP) is -0.537. The van der Waals surface area contributed by atoms with Gasteiger partial charge in [-0.2, -0.15) is 0 Å². The average Bonchev–Trinajstić information content (AvgIpc) is 2.28. The first kappa shape index (κ1) is 14.7. The van der Waals surface area contributed by atoms with E-state index in [1.165, 1.54) is 0 Å². The predicted molar refractivity (Wildman–Crippen MR) is 70.5 cm³/mol. The van der Waals surface area contributed by atoms with Crippen LogP contribution in [0.15, 0.2) is 30.3 Å². The maximum Gasteiger partial charge on any atom is 0.475 e. The van der Waals surface area contributed by atoms with Crippen LogP contribution in [-0.2, 0) is 11.2 Å². The van der Waals surface area contributed by atoms with Crippen LogP contribution >= 0.6 is 0 Å². The standard InChI is InChI=1S/C12H19BN2O3/c1-12(2,14)11(16)15-10(13(17)18)8-9-6-4-3-5-7-9/h3-7,10,17-18H,8,14H2,1-2H3,(H,15,16)/t10-/m0/s1. The van der Waals surface area contributed by atoms with Crippen molar-refractivity contribution in [2.75, 3.05) is 0 Å². The summed E-state index contributed by atoms with van der Waals surface area (Å²) in [6.07, 6.45) is 0.334. The number of benzene rings is 1. The van der Waals surface area contributed by atoms with Crippen LogP contribution in [0.3, 0.4) is 0 Å². The molecular formula is C12H19BN2O3. The van der Waals surface area contributed by atoms with E-state index in [-0.39, 0.29) is 0 Å². The second kappa shape index (κ2) is 5.99. The Labute approximate surface area is 107 Å². The lowest BCUT2D eigenvalue weighted by Gasteiger charge is -2.23. The summed E-state index contributed by atoms with van der Waals surface area (Å²) in [5.41, 5.74) is 5.50. The van der Waals surface area contributed by atoms with E-state index in [2.05, 4.69) is 5.32 Å². The summed E-state index contributed by atoms with van der Waals surface area (Å²) >= 11 is 0. The summed E-state index contributed by atoms with van der Waals surface area (Å²) in [7, 11) is -1.63. The van der Waals surface area contributed by atoms with E-state index >= 15 is 0 Å². The second-order valence-corrected chi connectivity index (χ2v) is 4.90. The van der Waals surface area contributed by atoms with Crippen LogP contribution < -0.4 is 11.1 Å². The molecule has 0 unspecified atom stereocenters. The molecule has 0 saturated heterocycles. The van der Waals surface area contributed by atoms with Crippen molar-refractivity contribution in [1.29, 1.82) is 0 Å². The summed E-state index contributed by atoms with van der Waals surface area (Å²) in [6, 6.07) is 9.29. The van der Waals surface area contributed by atoms with Gasteiger partial charge in [0, 0.05) is 0 Å². The molecule has 1 aromatic carbocycles. The molecule has 5 N–H and O–H groups in total. The van der Waals surface area contributed by atoms with Crippen LogP contribution in [0, 0.1) is 0 Å². The van der Waals surface area contributed by atoms with E-state index in [0.29, 0.717) is 6.42 Å². The van der Waals surface area contributed by atoms with Gasteiger partial charge in [0.1, 0.15) is 0 Å². The smallest absolute Gasteiger partial charge is 0.426 e. The maximum absolute atomic E-state index is 11.7. The first-order chi connectivity index (χ1) is 8.30. The molecule has 1 rings (SSSR count). The number of carbonyl (C=O) groups excluding carboxylic acids is 1. The highest BCUT2D eigenvalue weighted by Gasteiger charge is 2.30. The SMILES string of the molecule is CC(C)(N)C(=O)N[C@@H](Cc1ccccc1)B(O)O. The van der Waals surface area contributed by atoms with Gasteiger partial charge in [-0.3, -0.25) is 4.79 Å². The molecule has 0 heterocycles. The highest BCUT2D eigenvalue weighted by molar-refractivity contribution is 6.43. The number of amides is 1. The third-order valence-electron chi connectivity index (χ3n) is 2.56. The van der Waals surface area contributed by atoms with Gasteiger partial charge in [-0.25, -0.2) is 0 Å². The molecule has 0 fully saturated rings. The topological polar surface area (TPSA) is 95.6 Å². The fraction of sp³-hybridized carbons (Fsp3) is 0.417. The Morgan fingerprint density at radius 2 is 1.94 bits per heavy atom. The molecule has 0 bridgehead atoms. The third-order valence-corrected chi connectivity index (χ3v) is 2.56. The molecule has 1 aromatic rings. The molecule has 18 heavy (non-hydrogen) atoms. The van der Waals surface area contributed by atoms with Crippen molar-refractivity contribution in [2.45, 2.75) is 31.7 Å². The first-order valence-corrected chi connectivity index (χ1v) is 5.80. The Balaban J connectivity index is 2.70. The fourth-order valence-corrected chi connectivity index (χ4v) is 1.45. The van der Waals surface area contributed by atoms with Crippen molar-refractivity contribution in [1.82, 2.24) is 5.32 Å². The molecule has 98 valence electrons. The molecule has 1 amide bonds. The molecule has 0 spiro atoms. The first-order valence-electron chi connectivity index (χ1n) is 5.80. The quantitative estimate of drug-likeness (QED) is 0.528. The monoisotopic (exact) mass is 250 g/mol. The van der Waals surface area contributed by atoms with Crippen molar-refractivity contribution in [3.8, 4) is 0 Å². The lowest BCUT2D eigenvalue weighted by atomic mass is 9.75. The van der Waals surface area contributed by atoms with Crippen LogP contribution in [0.5, 0.6) is 0 Å². The Kier molecular flexibility index (Phi) is 4.89. The van der Waals surface area contributed by atoms with E-state index in [9.17, 15) is 14.8 Å². The van der Waals surface area contributed by atoms with E-state index in [0.717, 1.165) is 5.56 Å². The molecule has 6 heteroatoms. The Morgan fingerprint density at radius 3 is 2.39 bits per heavy atom. The number of hydrogen-bond acceptors (Lipinski definition) is 4. The Morgan fingerprint density at radius 1 is 1.39 bits per heavy atom. The lowest BCUT2D eigenvalue weighted by molar-refractivity contribution is -0.125. The van der Waals surface area contributed by atoms with E-state index in [1.54, 1.807) is 13.8 Å². The molecule has 1 atom stereocenters. The number of nitrogens with one attached hydrogen (secondary N) is 1. The summed E-state index contributed by atoms with van der Waals surface area (Å²) < 4.78 is 0. The second-order valence-electron chi connectivity index (χ2n) is 4.90. The van der Waals surface area contributed by atoms with Crippen LogP contribution in [0.2, 0.25) is 0 Å². The van der Waals surface area contributed by atoms with Gasteiger partial charge in [0.15, 0.2) is 0 Å². The summed E-state index contributed by atoms with van der Waals surface area (Å²) in [4.78, 5) is 11.7. The van der Waals surface area contributed by atoms with Crippen LogP contribution in [0.25, 0.3) is 0 Å². The maximum atomic E-state index is 11.7. The number of carbonyl (C=O) groups is 1. The van der Waals surface area contributed by atoms with Gasteiger partial charge in [-0.15, -0.1) is 0 Å². The average molecular weight is 250 g/mol. The number of nitrogens with two attached hydrogens (primary N) is 1. The summed E-state index contributed by atoms with van der Waals surface area (Å²) in [5, 5.41) is 21.1. The van der Waals surface area contributed by atoms with E-state index in [4.69, 9.17) is 5.73 Å². The van der Waals surface area contributed by atoms with Crippen LogP contribution in [-0.4, -0.2) is 34.6 Å². The van der Waals surface area contributed by atoms with Gasteiger partial charge in [0.05, 0.1) is 11.5 Å². The third kappa shape index (κ3) is 4.48. The van der Waals surface area contributed by atoms with Gasteiger partial charge in [0.2, 0.25) is 5.91 Å². The van der Waals surface area contributed by atoms with Crippen molar-refractivity contribution in [3.63, 3.8) is 0 Å². The zero-order valence-corrected chi connectivity index (χ0v) is 10.6. The van der Waals surface area contributed by atoms with Crippen molar-refractivity contribution in [3.05, 3.63) is 35.9 Å². The van der Waals surface area contributed by atoms with Crippen LogP contribution in [0.1, 0.15) is 19.4 Å². The minimum atomic E-state index is -1.63. The van der Waals surface area contributed by atoms with Gasteiger partial charge in [-0.05, 0) is 25.8 Å². The lowest BCUT2D eigenvalue weighted by Crippen LogP contribution is -2.56. The summed E-state index contributed by atoms with van der Waals surface area (Å²) in [5.74, 6) is -1.20. The Bertz CT molecular complexity index is 390. The molecule has 0 aromatic heterocycles. The molecular weight excluding hydrogens is 231 g/mol. The van der Waals surface area contributed by atoms with E-state index < -0.39 is 24.5 Å². The molecule has 0 aliphatic rings. The molecule has 0 aliphatic carbocycles. The van der Waals surface area contributed by atoms with Crippen molar-refractivity contribution >= 4 is 13.0 Å². The van der Waals surface area contributed by atoms with Crippen molar-refractivity contribution < 1.29 is 14.8 Å². The van der Waals surface area contributed by atoms with Gasteiger partial charge < -0.3 is 21.1 Å².